The number of aryl methyl sites for hydroxylation is 1. The first-order valence-corrected chi connectivity index (χ1v) is 8.28. The van der Waals surface area contributed by atoms with Crippen molar-refractivity contribution in [3.63, 3.8) is 0 Å². The highest BCUT2D eigenvalue weighted by Gasteiger charge is 2.31. The second-order valence-corrected chi connectivity index (χ2v) is 6.96. The average Bonchev–Trinajstić information content (AvgIpc) is 2.87. The van der Waals surface area contributed by atoms with E-state index in [1.54, 1.807) is 11.1 Å². The number of anilines is 1. The molecule has 23 heavy (non-hydrogen) atoms. The van der Waals surface area contributed by atoms with E-state index in [0.29, 0.717) is 18.8 Å². The molecule has 1 unspecified atom stereocenters. The summed E-state index contributed by atoms with van der Waals surface area (Å²) >= 11 is 1.24. The van der Waals surface area contributed by atoms with E-state index in [-0.39, 0.29) is 16.3 Å². The number of benzene rings is 1. The smallest absolute Gasteiger partial charge is 0.228 e. The van der Waals surface area contributed by atoms with Gasteiger partial charge in [-0.25, -0.2) is 9.97 Å². The minimum atomic E-state index is 0.0324. The van der Waals surface area contributed by atoms with Crippen molar-refractivity contribution in [2.75, 3.05) is 11.4 Å². The lowest BCUT2D eigenvalue weighted by Gasteiger charge is -2.17. The largest absolute Gasteiger partial charge is 0.311 e. The van der Waals surface area contributed by atoms with Crippen molar-refractivity contribution in [1.82, 2.24) is 9.97 Å². The Morgan fingerprint density at radius 3 is 2.91 bits per heavy atom. The van der Waals surface area contributed by atoms with Gasteiger partial charge in [-0.05, 0) is 25.1 Å². The molecule has 1 aliphatic rings. The number of hydrogen-bond donors (Lipinski definition) is 0. The predicted molar refractivity (Wildman–Crippen MR) is 91.2 cm³/mol. The van der Waals surface area contributed by atoms with E-state index in [4.69, 9.17) is 0 Å². The monoisotopic (exact) mass is 327 g/mol. The summed E-state index contributed by atoms with van der Waals surface area (Å²) in [5.74, 6) is 0.767. The van der Waals surface area contributed by atoms with E-state index in [9.17, 15) is 9.59 Å². The first kappa shape index (κ1) is 15.7. The van der Waals surface area contributed by atoms with Gasteiger partial charge in [0.15, 0.2) is 5.12 Å². The lowest BCUT2D eigenvalue weighted by atomic mass is 10.1. The van der Waals surface area contributed by atoms with Crippen LogP contribution in [0.15, 0.2) is 36.5 Å². The molecule has 2 heterocycles. The van der Waals surface area contributed by atoms with Crippen LogP contribution in [0.5, 0.6) is 0 Å². The van der Waals surface area contributed by atoms with Crippen LogP contribution in [0.4, 0.5) is 5.69 Å². The fourth-order valence-electron chi connectivity index (χ4n) is 2.69. The molecule has 0 spiro atoms. The summed E-state index contributed by atoms with van der Waals surface area (Å²) < 4.78 is 0. The maximum absolute atomic E-state index is 12.2. The maximum Gasteiger partial charge on any atom is 0.228 e. The third-order valence-electron chi connectivity index (χ3n) is 3.65. The van der Waals surface area contributed by atoms with E-state index in [0.717, 1.165) is 16.9 Å². The SMILES string of the molecule is CC(=O)SC1CC(=O)N(c2cccc(-c3ccnc(C)n3)c2)C1. The molecular formula is C17H17N3O2S. The van der Waals surface area contributed by atoms with Crippen molar-refractivity contribution in [3.8, 4) is 11.3 Å². The number of carbonyl (C=O) groups excluding carboxylic acids is 2. The Labute approximate surface area is 139 Å². The van der Waals surface area contributed by atoms with Gasteiger partial charge in [0.1, 0.15) is 5.82 Å². The Hall–Kier alpha value is -2.21. The Morgan fingerprint density at radius 2 is 2.17 bits per heavy atom. The lowest BCUT2D eigenvalue weighted by Crippen LogP contribution is -2.24. The van der Waals surface area contributed by atoms with Crippen molar-refractivity contribution in [3.05, 3.63) is 42.4 Å². The quantitative estimate of drug-likeness (QED) is 0.867. The van der Waals surface area contributed by atoms with Gasteiger partial charge in [-0.1, -0.05) is 23.9 Å². The minimum absolute atomic E-state index is 0.0324. The summed E-state index contributed by atoms with van der Waals surface area (Å²) in [5.41, 5.74) is 2.62. The highest BCUT2D eigenvalue weighted by molar-refractivity contribution is 8.14. The van der Waals surface area contributed by atoms with Crippen LogP contribution in [0.2, 0.25) is 0 Å². The predicted octanol–water partition coefficient (Wildman–Crippen LogP) is 2.84. The van der Waals surface area contributed by atoms with Crippen LogP contribution < -0.4 is 4.90 Å². The molecular weight excluding hydrogens is 310 g/mol. The standard InChI is InChI=1S/C17H17N3O2S/c1-11-18-7-6-16(19-11)13-4-3-5-14(8-13)20-10-15(9-17(20)22)23-12(2)21/h3-8,15H,9-10H2,1-2H3. The van der Waals surface area contributed by atoms with E-state index < -0.39 is 0 Å². The highest BCUT2D eigenvalue weighted by atomic mass is 32.2. The van der Waals surface area contributed by atoms with Gasteiger partial charge in [-0.3, -0.25) is 9.59 Å². The molecule has 1 aromatic heterocycles. The van der Waals surface area contributed by atoms with E-state index >= 15 is 0 Å². The average molecular weight is 327 g/mol. The first-order valence-electron chi connectivity index (χ1n) is 7.40. The van der Waals surface area contributed by atoms with Gasteiger partial charge in [0.05, 0.1) is 5.69 Å². The Morgan fingerprint density at radius 1 is 1.35 bits per heavy atom. The summed E-state index contributed by atoms with van der Waals surface area (Å²) in [7, 11) is 0. The van der Waals surface area contributed by atoms with Gasteiger partial charge in [-0.2, -0.15) is 0 Å². The fourth-order valence-corrected chi connectivity index (χ4v) is 3.61. The first-order chi connectivity index (χ1) is 11.0. The molecule has 1 saturated heterocycles. The molecule has 0 saturated carbocycles. The van der Waals surface area contributed by atoms with Crippen LogP contribution >= 0.6 is 11.8 Å². The van der Waals surface area contributed by atoms with Gasteiger partial charge in [0.25, 0.3) is 0 Å². The van der Waals surface area contributed by atoms with Gasteiger partial charge in [0, 0.05) is 42.6 Å². The van der Waals surface area contributed by atoms with Crippen LogP contribution in [0.3, 0.4) is 0 Å². The van der Waals surface area contributed by atoms with Crippen LogP contribution in [0.1, 0.15) is 19.2 Å². The third-order valence-corrected chi connectivity index (χ3v) is 4.63. The summed E-state index contributed by atoms with van der Waals surface area (Å²) in [6, 6.07) is 9.61. The zero-order valence-electron chi connectivity index (χ0n) is 13.0. The number of nitrogens with zero attached hydrogens (tertiary/aromatic N) is 3. The van der Waals surface area contributed by atoms with E-state index in [1.165, 1.54) is 18.7 Å². The Bertz CT molecular complexity index is 763. The number of hydrogen-bond acceptors (Lipinski definition) is 5. The van der Waals surface area contributed by atoms with Crippen LogP contribution in [0, 0.1) is 6.92 Å². The second-order valence-electron chi connectivity index (χ2n) is 5.48. The van der Waals surface area contributed by atoms with Crippen molar-refractivity contribution in [2.45, 2.75) is 25.5 Å². The Kier molecular flexibility index (Phi) is 4.43. The number of amides is 1. The third kappa shape index (κ3) is 3.59. The van der Waals surface area contributed by atoms with E-state index in [1.807, 2.05) is 37.3 Å². The van der Waals surface area contributed by atoms with Gasteiger partial charge in [0.2, 0.25) is 5.91 Å². The molecule has 0 N–H and O–H groups in total. The highest BCUT2D eigenvalue weighted by Crippen LogP contribution is 2.30. The fraction of sp³-hybridized carbons (Fsp3) is 0.294. The second kappa shape index (κ2) is 6.50. The number of thioether (sulfide) groups is 1. The van der Waals surface area contributed by atoms with Crippen molar-refractivity contribution >= 4 is 28.5 Å². The maximum atomic E-state index is 12.2. The summed E-state index contributed by atoms with van der Waals surface area (Å²) in [4.78, 5) is 33.8. The van der Waals surface area contributed by atoms with Gasteiger partial charge in [-0.15, -0.1) is 0 Å². The molecule has 0 bridgehead atoms. The molecule has 0 aliphatic carbocycles. The van der Waals surface area contributed by atoms with Gasteiger partial charge < -0.3 is 4.90 Å². The molecule has 0 radical (unpaired) electrons. The molecule has 5 nitrogen and oxygen atoms in total. The Balaban J connectivity index is 1.85. The van der Waals surface area contributed by atoms with Crippen molar-refractivity contribution < 1.29 is 9.59 Å². The number of carbonyl (C=O) groups is 2. The molecule has 1 aromatic carbocycles. The van der Waals surface area contributed by atoms with Crippen molar-refractivity contribution in [2.24, 2.45) is 0 Å². The van der Waals surface area contributed by atoms with Crippen LogP contribution in [-0.4, -0.2) is 32.8 Å². The molecule has 118 valence electrons. The van der Waals surface area contributed by atoms with Crippen LogP contribution in [-0.2, 0) is 9.59 Å². The number of rotatable bonds is 3. The number of aromatic nitrogens is 2. The van der Waals surface area contributed by atoms with Crippen LogP contribution in [0.25, 0.3) is 11.3 Å². The molecule has 1 amide bonds. The lowest BCUT2D eigenvalue weighted by molar-refractivity contribution is -0.117. The topological polar surface area (TPSA) is 63.2 Å². The van der Waals surface area contributed by atoms with Crippen molar-refractivity contribution in [1.29, 1.82) is 0 Å². The molecule has 1 atom stereocenters. The summed E-state index contributed by atoms with van der Waals surface area (Å²) in [6.07, 6.45) is 2.13. The molecule has 3 rings (SSSR count). The van der Waals surface area contributed by atoms with Gasteiger partial charge >= 0.3 is 0 Å². The normalized spacial score (nSPS) is 17.6. The molecule has 1 aliphatic heterocycles. The molecule has 2 aromatic rings. The minimum Gasteiger partial charge on any atom is -0.311 e. The zero-order chi connectivity index (χ0) is 16.4. The zero-order valence-corrected chi connectivity index (χ0v) is 13.8. The molecule has 6 heteroatoms. The molecule has 1 fully saturated rings. The summed E-state index contributed by atoms with van der Waals surface area (Å²) in [6.45, 7) is 3.95. The summed E-state index contributed by atoms with van der Waals surface area (Å²) in [5, 5.41) is 0.0832. The van der Waals surface area contributed by atoms with E-state index in [2.05, 4.69) is 9.97 Å².